The second-order valence-electron chi connectivity index (χ2n) is 8.50. The number of Topliss-reactive ketones (excluding diaryl/α,β-unsaturated/α-hetero) is 1. The van der Waals surface area contributed by atoms with Gasteiger partial charge in [-0.25, -0.2) is 0 Å². The number of benzene rings is 4. The van der Waals surface area contributed by atoms with E-state index in [0.717, 1.165) is 10.8 Å². The number of hydrogen-bond donors (Lipinski definition) is 1. The Morgan fingerprint density at radius 2 is 1.55 bits per heavy atom. The van der Waals surface area contributed by atoms with E-state index in [0.29, 0.717) is 16.3 Å². The molecule has 1 saturated heterocycles. The van der Waals surface area contributed by atoms with Gasteiger partial charge in [-0.15, -0.1) is 0 Å². The van der Waals surface area contributed by atoms with E-state index in [4.69, 9.17) is 44.3 Å². The molecule has 1 aliphatic heterocycles. The van der Waals surface area contributed by atoms with Gasteiger partial charge in [-0.05, 0) is 40.6 Å². The normalized spacial score (nSPS) is 16.8. The highest BCUT2D eigenvalue weighted by Gasteiger charge is 2.48. The number of anilines is 1. The fourth-order valence-corrected chi connectivity index (χ4v) is 5.67. The van der Waals surface area contributed by atoms with Gasteiger partial charge in [0.2, 0.25) is 0 Å². The lowest BCUT2D eigenvalue weighted by molar-refractivity contribution is -0.132. The Morgan fingerprint density at radius 1 is 0.868 bits per heavy atom. The number of ether oxygens (including phenoxy) is 2. The van der Waals surface area contributed by atoms with Gasteiger partial charge in [-0.3, -0.25) is 14.5 Å². The third-order valence-electron chi connectivity index (χ3n) is 6.44. The summed E-state index contributed by atoms with van der Waals surface area (Å²) in [6, 6.07) is 20.2. The first-order valence-corrected chi connectivity index (χ1v) is 12.6. The van der Waals surface area contributed by atoms with E-state index < -0.39 is 23.5 Å². The summed E-state index contributed by atoms with van der Waals surface area (Å²) in [6.45, 7) is 0. The molecule has 9 heteroatoms. The summed E-state index contributed by atoms with van der Waals surface area (Å²) in [5.41, 5.74) is 0.919. The Balaban J connectivity index is 1.85. The van der Waals surface area contributed by atoms with Crippen LogP contribution in [-0.4, -0.2) is 31.0 Å². The maximum Gasteiger partial charge on any atom is 0.300 e. The molecular formula is C29H20Cl3NO5. The molecule has 1 unspecified atom stereocenters. The van der Waals surface area contributed by atoms with Gasteiger partial charge in [0, 0.05) is 10.7 Å². The van der Waals surface area contributed by atoms with Crippen LogP contribution in [0.5, 0.6) is 11.5 Å². The number of carbonyl (C=O) groups excluding carboxylic acids is 2. The maximum atomic E-state index is 13.6. The van der Waals surface area contributed by atoms with Crippen molar-refractivity contribution in [3.8, 4) is 11.5 Å². The van der Waals surface area contributed by atoms with E-state index >= 15 is 0 Å². The smallest absolute Gasteiger partial charge is 0.300 e. The van der Waals surface area contributed by atoms with Crippen molar-refractivity contribution in [2.24, 2.45) is 0 Å². The molecule has 0 spiro atoms. The summed E-state index contributed by atoms with van der Waals surface area (Å²) >= 11 is 19.1. The predicted molar refractivity (Wildman–Crippen MR) is 150 cm³/mol. The second-order valence-corrected chi connectivity index (χ2v) is 9.73. The zero-order chi connectivity index (χ0) is 27.1. The van der Waals surface area contributed by atoms with E-state index in [2.05, 4.69) is 0 Å². The molecule has 6 nitrogen and oxygen atoms in total. The Labute approximate surface area is 233 Å². The number of carbonyl (C=O) groups is 2. The largest absolute Gasteiger partial charge is 0.507 e. The average molecular weight is 569 g/mol. The number of aliphatic hydroxyl groups is 1. The number of ketones is 1. The number of methoxy groups -OCH3 is 2. The SMILES string of the molecule is COc1c(Cl)cc(/C(O)=C2\C(=O)C(=O)N(c3cccc(Cl)c3)C2c2cccc3ccccc23)c(OC)c1Cl. The van der Waals surface area contributed by atoms with Crippen molar-refractivity contribution in [2.75, 3.05) is 19.1 Å². The lowest BCUT2D eigenvalue weighted by Crippen LogP contribution is -2.29. The van der Waals surface area contributed by atoms with Crippen molar-refractivity contribution in [2.45, 2.75) is 6.04 Å². The Hall–Kier alpha value is -3.71. The lowest BCUT2D eigenvalue weighted by atomic mass is 9.91. The zero-order valence-corrected chi connectivity index (χ0v) is 22.4. The van der Waals surface area contributed by atoms with Crippen molar-refractivity contribution in [3.05, 3.63) is 105 Å². The molecule has 192 valence electrons. The summed E-state index contributed by atoms with van der Waals surface area (Å²) in [5.74, 6) is -2.01. The van der Waals surface area contributed by atoms with Crippen molar-refractivity contribution >= 4 is 68.7 Å². The summed E-state index contributed by atoms with van der Waals surface area (Å²) in [5, 5.41) is 13.9. The first-order valence-electron chi connectivity index (χ1n) is 11.4. The molecule has 1 heterocycles. The molecule has 0 saturated carbocycles. The van der Waals surface area contributed by atoms with E-state index in [-0.39, 0.29) is 32.7 Å². The molecule has 1 fully saturated rings. The van der Waals surface area contributed by atoms with Crippen LogP contribution in [0.25, 0.3) is 16.5 Å². The number of rotatable bonds is 5. The van der Waals surface area contributed by atoms with Crippen LogP contribution in [0.15, 0.2) is 78.4 Å². The summed E-state index contributed by atoms with van der Waals surface area (Å²) in [7, 11) is 2.75. The monoisotopic (exact) mass is 567 g/mol. The van der Waals surface area contributed by atoms with Gasteiger partial charge in [-0.1, -0.05) is 83.3 Å². The van der Waals surface area contributed by atoms with Crippen LogP contribution in [0.1, 0.15) is 17.2 Å². The summed E-state index contributed by atoms with van der Waals surface area (Å²) in [6.07, 6.45) is 0. The summed E-state index contributed by atoms with van der Waals surface area (Å²) < 4.78 is 10.7. The number of amides is 1. The molecule has 0 aromatic heterocycles. The van der Waals surface area contributed by atoms with Gasteiger partial charge in [0.25, 0.3) is 11.7 Å². The molecule has 4 aromatic rings. The molecule has 1 atom stereocenters. The Bertz CT molecular complexity index is 1640. The van der Waals surface area contributed by atoms with E-state index in [1.807, 2.05) is 42.5 Å². The Morgan fingerprint density at radius 3 is 2.26 bits per heavy atom. The van der Waals surface area contributed by atoms with Crippen LogP contribution in [0.2, 0.25) is 15.1 Å². The van der Waals surface area contributed by atoms with Crippen molar-refractivity contribution in [1.29, 1.82) is 0 Å². The molecule has 38 heavy (non-hydrogen) atoms. The van der Waals surface area contributed by atoms with Gasteiger partial charge in [0.05, 0.1) is 36.4 Å². The highest BCUT2D eigenvalue weighted by molar-refractivity contribution is 6.52. The minimum atomic E-state index is -0.996. The van der Waals surface area contributed by atoms with E-state index in [1.54, 1.807) is 24.3 Å². The molecule has 0 bridgehead atoms. The minimum absolute atomic E-state index is 0.00910. The fourth-order valence-electron chi connectivity index (χ4n) is 4.80. The first-order chi connectivity index (χ1) is 18.3. The number of halogens is 3. The van der Waals surface area contributed by atoms with E-state index in [9.17, 15) is 14.7 Å². The molecule has 1 N–H and O–H groups in total. The van der Waals surface area contributed by atoms with Gasteiger partial charge in [0.15, 0.2) is 11.5 Å². The zero-order valence-electron chi connectivity index (χ0n) is 20.2. The summed E-state index contributed by atoms with van der Waals surface area (Å²) in [4.78, 5) is 28.5. The van der Waals surface area contributed by atoms with Gasteiger partial charge in [0.1, 0.15) is 10.8 Å². The van der Waals surface area contributed by atoms with Gasteiger partial charge < -0.3 is 14.6 Å². The molecule has 5 rings (SSSR count). The van der Waals surface area contributed by atoms with Crippen LogP contribution < -0.4 is 14.4 Å². The molecule has 0 aliphatic carbocycles. The standard InChI is InChI=1S/C29H20Cl3NO5/c1-37-27-20(14-21(31)28(38-2)23(27)32)25(34)22-24(19-12-5-8-15-7-3-4-11-18(15)19)33(29(36)26(22)35)17-10-6-9-16(30)13-17/h3-14,24,34H,1-2H3/b25-22+. The van der Waals surface area contributed by atoms with Gasteiger partial charge in [-0.2, -0.15) is 0 Å². The van der Waals surface area contributed by atoms with Crippen LogP contribution in [0.4, 0.5) is 5.69 Å². The van der Waals surface area contributed by atoms with Crippen LogP contribution >= 0.6 is 34.8 Å². The van der Waals surface area contributed by atoms with E-state index in [1.165, 1.54) is 25.2 Å². The second kappa shape index (κ2) is 10.2. The number of nitrogens with zero attached hydrogens (tertiary/aromatic N) is 1. The van der Waals surface area contributed by atoms with Crippen molar-refractivity contribution < 1.29 is 24.2 Å². The number of hydrogen-bond acceptors (Lipinski definition) is 5. The predicted octanol–water partition coefficient (Wildman–Crippen LogP) is 7.44. The molecule has 0 radical (unpaired) electrons. The highest BCUT2D eigenvalue weighted by Crippen LogP contribution is 2.49. The highest BCUT2D eigenvalue weighted by atomic mass is 35.5. The number of fused-ring (bicyclic) bond motifs is 1. The number of aliphatic hydroxyl groups excluding tert-OH is 1. The third-order valence-corrected chi connectivity index (χ3v) is 7.30. The Kier molecular flexibility index (Phi) is 6.97. The molecule has 1 amide bonds. The van der Waals surface area contributed by atoms with Crippen LogP contribution in [0.3, 0.4) is 0 Å². The first kappa shape index (κ1) is 25.9. The molecule has 1 aliphatic rings. The van der Waals surface area contributed by atoms with Crippen LogP contribution in [-0.2, 0) is 9.59 Å². The molecular weight excluding hydrogens is 549 g/mol. The average Bonchev–Trinajstić information content (AvgIpc) is 3.17. The van der Waals surface area contributed by atoms with Crippen molar-refractivity contribution in [1.82, 2.24) is 0 Å². The van der Waals surface area contributed by atoms with Crippen molar-refractivity contribution in [3.63, 3.8) is 0 Å². The topological polar surface area (TPSA) is 76.1 Å². The quantitative estimate of drug-likeness (QED) is 0.154. The third kappa shape index (κ3) is 4.15. The maximum absolute atomic E-state index is 13.6. The van der Waals surface area contributed by atoms with Crippen LogP contribution in [0, 0.1) is 0 Å². The lowest BCUT2D eigenvalue weighted by Gasteiger charge is -2.27. The minimum Gasteiger partial charge on any atom is -0.507 e. The molecule has 4 aromatic carbocycles. The van der Waals surface area contributed by atoms with Gasteiger partial charge >= 0.3 is 0 Å². The fraction of sp³-hybridized carbons (Fsp3) is 0.103.